The van der Waals surface area contributed by atoms with Gasteiger partial charge in [0.25, 0.3) is 0 Å². The molecule has 0 unspecified atom stereocenters. The molecular formula is C11H26N2O2S. The molecule has 2 N–H and O–H groups in total. The Morgan fingerprint density at radius 2 is 1.62 bits per heavy atom. The highest BCUT2D eigenvalue weighted by atomic mass is 32.2. The first kappa shape index (κ1) is 15.9. The minimum Gasteiger partial charge on any atom is -0.313 e. The van der Waals surface area contributed by atoms with E-state index in [1.807, 2.05) is 0 Å². The molecule has 0 aliphatic heterocycles. The van der Waals surface area contributed by atoms with Crippen molar-refractivity contribution in [1.82, 2.24) is 10.0 Å². The van der Waals surface area contributed by atoms with Crippen LogP contribution in [0.5, 0.6) is 0 Å². The minimum absolute atomic E-state index is 0.171. The van der Waals surface area contributed by atoms with E-state index < -0.39 is 10.0 Å². The third-order valence-electron chi connectivity index (χ3n) is 2.44. The van der Waals surface area contributed by atoms with Gasteiger partial charge in [0.05, 0.1) is 5.75 Å². The summed E-state index contributed by atoms with van der Waals surface area (Å²) in [7, 11) is -3.07. The Labute approximate surface area is 100 Å². The van der Waals surface area contributed by atoms with Gasteiger partial charge in [-0.05, 0) is 12.8 Å². The Hall–Kier alpha value is -0.130. The van der Waals surface area contributed by atoms with Gasteiger partial charge in [0, 0.05) is 19.1 Å². The van der Waals surface area contributed by atoms with Crippen LogP contribution in [0.3, 0.4) is 0 Å². The van der Waals surface area contributed by atoms with E-state index in [1.54, 1.807) is 6.92 Å². The first-order valence-electron chi connectivity index (χ1n) is 6.26. The van der Waals surface area contributed by atoms with E-state index in [0.29, 0.717) is 19.1 Å². The molecule has 0 amide bonds. The Morgan fingerprint density at radius 3 is 2.06 bits per heavy atom. The Bertz CT molecular complexity index is 247. The predicted molar refractivity (Wildman–Crippen MR) is 69.1 cm³/mol. The highest BCUT2D eigenvalue weighted by molar-refractivity contribution is 7.89. The van der Waals surface area contributed by atoms with E-state index in [9.17, 15) is 8.42 Å². The Morgan fingerprint density at radius 1 is 1.06 bits per heavy atom. The van der Waals surface area contributed by atoms with Crippen molar-refractivity contribution in [2.24, 2.45) is 0 Å². The molecule has 0 bridgehead atoms. The number of hydrogen-bond donors (Lipinski definition) is 2. The molecule has 0 aliphatic rings. The van der Waals surface area contributed by atoms with Crippen molar-refractivity contribution in [1.29, 1.82) is 0 Å². The van der Waals surface area contributed by atoms with Gasteiger partial charge in [-0.15, -0.1) is 0 Å². The van der Waals surface area contributed by atoms with Gasteiger partial charge in [-0.1, -0.05) is 33.6 Å². The molecule has 0 saturated heterocycles. The summed E-state index contributed by atoms with van der Waals surface area (Å²) in [6, 6.07) is 0.465. The standard InChI is InChI=1S/C11H26N2O2S/c1-4-7-11(8-5-2)12-9-10-16(14,15)13-6-3/h11-13H,4-10H2,1-3H3. The zero-order valence-electron chi connectivity index (χ0n) is 10.8. The van der Waals surface area contributed by atoms with Gasteiger partial charge < -0.3 is 5.32 Å². The summed E-state index contributed by atoms with van der Waals surface area (Å²) in [5, 5.41) is 3.32. The van der Waals surface area contributed by atoms with E-state index >= 15 is 0 Å². The number of hydrogen-bond acceptors (Lipinski definition) is 3. The average Bonchev–Trinajstić information content (AvgIpc) is 2.18. The molecule has 0 radical (unpaired) electrons. The van der Waals surface area contributed by atoms with Crippen LogP contribution in [0.4, 0.5) is 0 Å². The molecule has 0 fully saturated rings. The average molecular weight is 250 g/mol. The summed E-state index contributed by atoms with van der Waals surface area (Å²) in [6.45, 7) is 7.11. The lowest BCUT2D eigenvalue weighted by molar-refractivity contribution is 0.454. The maximum absolute atomic E-state index is 11.4. The van der Waals surface area contributed by atoms with Crippen molar-refractivity contribution in [3.63, 3.8) is 0 Å². The molecule has 5 heteroatoms. The van der Waals surface area contributed by atoms with E-state index in [4.69, 9.17) is 0 Å². The van der Waals surface area contributed by atoms with Crippen LogP contribution in [0.15, 0.2) is 0 Å². The monoisotopic (exact) mass is 250 g/mol. The SMILES string of the molecule is CCCC(CCC)NCCS(=O)(=O)NCC. The normalized spacial score (nSPS) is 12.2. The molecule has 4 nitrogen and oxygen atoms in total. The van der Waals surface area contributed by atoms with Gasteiger partial charge in [-0.2, -0.15) is 0 Å². The summed E-state index contributed by atoms with van der Waals surface area (Å²) in [6.07, 6.45) is 4.51. The molecule has 0 rings (SSSR count). The molecule has 0 spiro atoms. The molecule has 0 atom stereocenters. The van der Waals surface area contributed by atoms with Crippen molar-refractivity contribution in [3.05, 3.63) is 0 Å². The van der Waals surface area contributed by atoms with Crippen molar-refractivity contribution in [2.45, 2.75) is 52.5 Å². The van der Waals surface area contributed by atoms with Crippen LogP contribution < -0.4 is 10.0 Å². The van der Waals surface area contributed by atoms with Crippen molar-refractivity contribution >= 4 is 10.0 Å². The Balaban J connectivity index is 3.84. The quantitative estimate of drug-likeness (QED) is 0.617. The lowest BCUT2D eigenvalue weighted by atomic mass is 10.1. The maximum atomic E-state index is 11.4. The maximum Gasteiger partial charge on any atom is 0.212 e. The third kappa shape index (κ3) is 8.07. The van der Waals surface area contributed by atoms with Crippen LogP contribution in [0.1, 0.15) is 46.5 Å². The topological polar surface area (TPSA) is 58.2 Å². The van der Waals surface area contributed by atoms with E-state index in [0.717, 1.165) is 25.7 Å². The van der Waals surface area contributed by atoms with Crippen LogP contribution in [-0.2, 0) is 10.0 Å². The molecule has 0 aromatic rings. The lowest BCUT2D eigenvalue weighted by Crippen LogP contribution is -2.36. The molecule has 98 valence electrons. The fourth-order valence-electron chi connectivity index (χ4n) is 1.73. The van der Waals surface area contributed by atoms with Gasteiger partial charge in [0.2, 0.25) is 10.0 Å². The fraction of sp³-hybridized carbons (Fsp3) is 1.00. The smallest absolute Gasteiger partial charge is 0.212 e. The molecule has 16 heavy (non-hydrogen) atoms. The van der Waals surface area contributed by atoms with Gasteiger partial charge in [-0.3, -0.25) is 0 Å². The van der Waals surface area contributed by atoms with Crippen LogP contribution in [-0.4, -0.2) is 33.3 Å². The van der Waals surface area contributed by atoms with Crippen LogP contribution in [0, 0.1) is 0 Å². The molecular weight excluding hydrogens is 224 g/mol. The predicted octanol–water partition coefficient (Wildman–Crippen LogP) is 1.48. The van der Waals surface area contributed by atoms with Gasteiger partial charge in [-0.25, -0.2) is 13.1 Å². The highest BCUT2D eigenvalue weighted by Gasteiger charge is 2.10. The first-order chi connectivity index (χ1) is 7.55. The van der Waals surface area contributed by atoms with Gasteiger partial charge in [0.15, 0.2) is 0 Å². The summed E-state index contributed by atoms with van der Waals surface area (Å²) < 4.78 is 25.2. The van der Waals surface area contributed by atoms with E-state index in [-0.39, 0.29) is 5.75 Å². The minimum atomic E-state index is -3.07. The van der Waals surface area contributed by atoms with Crippen molar-refractivity contribution in [3.8, 4) is 0 Å². The van der Waals surface area contributed by atoms with Crippen LogP contribution in [0.2, 0.25) is 0 Å². The van der Waals surface area contributed by atoms with Crippen LogP contribution >= 0.6 is 0 Å². The first-order valence-corrected chi connectivity index (χ1v) is 7.91. The van der Waals surface area contributed by atoms with Gasteiger partial charge in [0.1, 0.15) is 0 Å². The number of sulfonamides is 1. The number of rotatable bonds is 10. The lowest BCUT2D eigenvalue weighted by Gasteiger charge is -2.17. The zero-order chi connectivity index (χ0) is 12.4. The summed E-state index contributed by atoms with van der Waals surface area (Å²) in [5.74, 6) is 0.171. The zero-order valence-corrected chi connectivity index (χ0v) is 11.6. The summed E-state index contributed by atoms with van der Waals surface area (Å²) in [4.78, 5) is 0. The van der Waals surface area contributed by atoms with Gasteiger partial charge >= 0.3 is 0 Å². The molecule has 0 aromatic carbocycles. The second-order valence-electron chi connectivity index (χ2n) is 4.05. The molecule has 0 aromatic heterocycles. The Kier molecular flexibility index (Phi) is 8.89. The summed E-state index contributed by atoms with van der Waals surface area (Å²) >= 11 is 0. The molecule has 0 saturated carbocycles. The summed E-state index contributed by atoms with van der Waals surface area (Å²) in [5.41, 5.74) is 0. The highest BCUT2D eigenvalue weighted by Crippen LogP contribution is 2.03. The van der Waals surface area contributed by atoms with E-state index in [1.165, 1.54) is 0 Å². The number of nitrogens with one attached hydrogen (secondary N) is 2. The second kappa shape index (κ2) is 8.96. The molecule has 0 aliphatic carbocycles. The van der Waals surface area contributed by atoms with E-state index in [2.05, 4.69) is 23.9 Å². The van der Waals surface area contributed by atoms with Crippen molar-refractivity contribution in [2.75, 3.05) is 18.8 Å². The third-order valence-corrected chi connectivity index (χ3v) is 3.91. The van der Waals surface area contributed by atoms with Crippen LogP contribution in [0.25, 0.3) is 0 Å². The van der Waals surface area contributed by atoms with Crippen molar-refractivity contribution < 1.29 is 8.42 Å². The fourth-order valence-corrected chi connectivity index (χ4v) is 2.71. The molecule has 0 heterocycles. The largest absolute Gasteiger partial charge is 0.313 e. The second-order valence-corrected chi connectivity index (χ2v) is 5.97.